The summed E-state index contributed by atoms with van der Waals surface area (Å²) in [5.41, 5.74) is 0.609. The third kappa shape index (κ3) is 4.97. The second-order valence-corrected chi connectivity index (χ2v) is 11.6. The molecule has 2 aromatic rings. The lowest BCUT2D eigenvalue weighted by molar-refractivity contribution is -0.134. The van der Waals surface area contributed by atoms with Gasteiger partial charge in [0, 0.05) is 24.7 Å². The summed E-state index contributed by atoms with van der Waals surface area (Å²) in [7, 11) is -3.60. The van der Waals surface area contributed by atoms with Crippen molar-refractivity contribution >= 4 is 27.5 Å². The summed E-state index contributed by atoms with van der Waals surface area (Å²) in [5.74, 6) is 0.493. The fourth-order valence-electron chi connectivity index (χ4n) is 4.82. The van der Waals surface area contributed by atoms with Crippen molar-refractivity contribution in [2.75, 3.05) is 19.6 Å². The molecule has 0 unspecified atom stereocenters. The topological polar surface area (TPSA) is 69.7 Å². The van der Waals surface area contributed by atoms with E-state index in [-0.39, 0.29) is 16.8 Å². The van der Waals surface area contributed by atoms with Gasteiger partial charge in [0.2, 0.25) is 15.9 Å². The van der Waals surface area contributed by atoms with Crippen molar-refractivity contribution in [2.24, 2.45) is 5.92 Å². The molecule has 0 radical (unpaired) electrons. The first kappa shape index (κ1) is 24.2. The molecule has 4 rings (SSSR count). The van der Waals surface area contributed by atoms with Crippen LogP contribution in [0.2, 0.25) is 5.02 Å². The maximum Gasteiger partial charge on any atom is 0.243 e. The minimum absolute atomic E-state index is 0.119. The molecule has 2 heterocycles. The number of carbonyl (C=O) groups is 1. The highest BCUT2D eigenvalue weighted by molar-refractivity contribution is 7.89. The number of hydrogen-bond donors (Lipinski definition) is 1. The van der Waals surface area contributed by atoms with Gasteiger partial charge >= 0.3 is 0 Å². The number of rotatable bonds is 7. The van der Waals surface area contributed by atoms with Crippen molar-refractivity contribution in [2.45, 2.75) is 56.1 Å². The monoisotopic (exact) mass is 489 g/mol. The average Bonchev–Trinajstić information content (AvgIpc) is 3.05. The maximum absolute atomic E-state index is 13.5. The largest absolute Gasteiger partial charge is 0.323 e. The fraction of sp³-hybridized carbons (Fsp3) is 0.480. The summed E-state index contributed by atoms with van der Waals surface area (Å²) in [6.45, 7) is 5.69. The Labute approximate surface area is 202 Å². The molecule has 1 spiro atoms. The number of nitrogens with one attached hydrogen (secondary N) is 1. The van der Waals surface area contributed by atoms with Gasteiger partial charge in [-0.15, -0.1) is 0 Å². The Hall–Kier alpha value is -1.93. The van der Waals surface area contributed by atoms with Crippen molar-refractivity contribution in [1.82, 2.24) is 14.5 Å². The minimum atomic E-state index is -3.60. The number of sulfonamides is 1. The van der Waals surface area contributed by atoms with Crippen LogP contribution in [0.25, 0.3) is 0 Å². The molecule has 2 aliphatic rings. The molecule has 2 aliphatic heterocycles. The molecule has 2 aromatic carbocycles. The van der Waals surface area contributed by atoms with Gasteiger partial charge in [0.1, 0.15) is 0 Å². The van der Waals surface area contributed by atoms with E-state index in [1.165, 1.54) is 4.31 Å². The van der Waals surface area contributed by atoms with Crippen LogP contribution in [0, 0.1) is 5.92 Å². The van der Waals surface area contributed by atoms with E-state index in [9.17, 15) is 13.2 Å². The van der Waals surface area contributed by atoms with Gasteiger partial charge in [-0.25, -0.2) is 8.42 Å². The van der Waals surface area contributed by atoms with Gasteiger partial charge in [0.25, 0.3) is 0 Å². The number of piperidine rings is 1. The Morgan fingerprint density at radius 3 is 2.33 bits per heavy atom. The van der Waals surface area contributed by atoms with E-state index >= 15 is 0 Å². The van der Waals surface area contributed by atoms with E-state index in [2.05, 4.69) is 19.2 Å². The number of amides is 1. The van der Waals surface area contributed by atoms with E-state index in [0.717, 1.165) is 12.0 Å². The van der Waals surface area contributed by atoms with Crippen LogP contribution >= 0.6 is 11.6 Å². The summed E-state index contributed by atoms with van der Waals surface area (Å²) >= 11 is 5.93. The molecule has 2 saturated heterocycles. The summed E-state index contributed by atoms with van der Waals surface area (Å²) in [6, 6.07) is 16.0. The Kier molecular flexibility index (Phi) is 7.15. The van der Waals surface area contributed by atoms with E-state index in [4.69, 9.17) is 11.6 Å². The zero-order chi connectivity index (χ0) is 23.6. The van der Waals surface area contributed by atoms with E-state index < -0.39 is 15.7 Å². The molecule has 0 bridgehead atoms. The van der Waals surface area contributed by atoms with Gasteiger partial charge in [0.05, 0.1) is 16.6 Å². The molecule has 2 atom stereocenters. The second-order valence-electron chi connectivity index (χ2n) is 9.24. The molecule has 2 fully saturated rings. The van der Waals surface area contributed by atoms with Crippen molar-refractivity contribution in [1.29, 1.82) is 0 Å². The van der Waals surface area contributed by atoms with Gasteiger partial charge in [-0.2, -0.15) is 4.31 Å². The molecule has 0 aliphatic carbocycles. The number of halogens is 1. The predicted molar refractivity (Wildman–Crippen MR) is 130 cm³/mol. The predicted octanol–water partition coefficient (Wildman–Crippen LogP) is 3.91. The van der Waals surface area contributed by atoms with Crippen molar-refractivity contribution < 1.29 is 13.2 Å². The SMILES string of the molecule is CC[C@@H](C)CN1C(=O)[C@@H](Cc2ccccc2)NC12CCN(S(=O)(=O)c1ccc(Cl)cc1)CC2. The van der Waals surface area contributed by atoms with E-state index in [1.807, 2.05) is 35.2 Å². The Bertz CT molecular complexity index is 1070. The van der Waals surface area contributed by atoms with Crippen LogP contribution in [-0.4, -0.2) is 54.9 Å². The maximum atomic E-state index is 13.5. The smallest absolute Gasteiger partial charge is 0.243 e. The first-order valence-electron chi connectivity index (χ1n) is 11.6. The van der Waals surface area contributed by atoms with E-state index in [1.54, 1.807) is 24.3 Å². The lowest BCUT2D eigenvalue weighted by Gasteiger charge is -2.45. The number of benzene rings is 2. The normalized spacial score (nSPS) is 22.1. The van der Waals surface area contributed by atoms with Gasteiger partial charge in [-0.05, 0) is 55.0 Å². The highest BCUT2D eigenvalue weighted by Crippen LogP contribution is 2.36. The third-order valence-electron chi connectivity index (χ3n) is 7.00. The summed E-state index contributed by atoms with van der Waals surface area (Å²) in [4.78, 5) is 15.7. The standard InChI is InChI=1S/C25H32ClN3O3S/c1-3-19(2)18-29-24(30)23(17-20-7-5-4-6-8-20)27-25(29)13-15-28(16-14-25)33(31,32)22-11-9-21(26)10-12-22/h4-12,19,23,27H,3,13-18H2,1-2H3/t19-,23-/m1/s1. The van der Waals surface area contributed by atoms with Gasteiger partial charge < -0.3 is 4.90 Å². The molecule has 8 heteroatoms. The van der Waals surface area contributed by atoms with Crippen LogP contribution in [0.4, 0.5) is 0 Å². The molecule has 0 saturated carbocycles. The minimum Gasteiger partial charge on any atom is -0.323 e. The van der Waals surface area contributed by atoms with Crippen LogP contribution in [-0.2, 0) is 21.2 Å². The van der Waals surface area contributed by atoms with Crippen LogP contribution in [0.5, 0.6) is 0 Å². The molecule has 178 valence electrons. The lowest BCUT2D eigenvalue weighted by Crippen LogP contribution is -2.60. The molecule has 33 heavy (non-hydrogen) atoms. The molecule has 1 amide bonds. The van der Waals surface area contributed by atoms with Gasteiger partial charge in [0.15, 0.2) is 0 Å². The molecule has 1 N–H and O–H groups in total. The summed E-state index contributed by atoms with van der Waals surface area (Å²) in [6.07, 6.45) is 2.74. The van der Waals surface area contributed by atoms with Crippen LogP contribution in [0.1, 0.15) is 38.7 Å². The Morgan fingerprint density at radius 2 is 1.73 bits per heavy atom. The van der Waals surface area contributed by atoms with Gasteiger partial charge in [-0.1, -0.05) is 62.2 Å². The van der Waals surface area contributed by atoms with Crippen LogP contribution in [0.3, 0.4) is 0 Å². The number of hydrogen-bond acceptors (Lipinski definition) is 4. The Morgan fingerprint density at radius 1 is 1.09 bits per heavy atom. The summed E-state index contributed by atoms with van der Waals surface area (Å²) in [5, 5.41) is 4.15. The highest BCUT2D eigenvalue weighted by atomic mass is 35.5. The zero-order valence-electron chi connectivity index (χ0n) is 19.2. The number of nitrogens with zero attached hydrogens (tertiary/aromatic N) is 2. The first-order valence-corrected chi connectivity index (χ1v) is 13.5. The lowest BCUT2D eigenvalue weighted by atomic mass is 9.95. The van der Waals surface area contributed by atoms with E-state index in [0.29, 0.717) is 49.8 Å². The van der Waals surface area contributed by atoms with Crippen molar-refractivity contribution in [3.63, 3.8) is 0 Å². The highest BCUT2D eigenvalue weighted by Gasteiger charge is 2.52. The Balaban J connectivity index is 1.53. The van der Waals surface area contributed by atoms with Crippen LogP contribution < -0.4 is 5.32 Å². The number of carbonyl (C=O) groups excluding carboxylic acids is 1. The average molecular weight is 490 g/mol. The van der Waals surface area contributed by atoms with Gasteiger partial charge in [-0.3, -0.25) is 10.1 Å². The molecule has 0 aromatic heterocycles. The molecular formula is C25H32ClN3O3S. The fourth-order valence-corrected chi connectivity index (χ4v) is 6.39. The van der Waals surface area contributed by atoms with Crippen molar-refractivity contribution in [3.8, 4) is 0 Å². The third-order valence-corrected chi connectivity index (χ3v) is 9.16. The quantitative estimate of drug-likeness (QED) is 0.640. The summed E-state index contributed by atoms with van der Waals surface area (Å²) < 4.78 is 27.8. The second kappa shape index (κ2) is 9.74. The van der Waals surface area contributed by atoms with Crippen molar-refractivity contribution in [3.05, 3.63) is 65.2 Å². The first-order chi connectivity index (χ1) is 15.7. The molecular weight excluding hydrogens is 458 g/mol. The molecule has 6 nitrogen and oxygen atoms in total. The zero-order valence-corrected chi connectivity index (χ0v) is 20.8. The van der Waals surface area contributed by atoms with Crippen LogP contribution in [0.15, 0.2) is 59.5 Å².